The van der Waals surface area contributed by atoms with Crippen molar-refractivity contribution in [1.82, 2.24) is 10.2 Å². The third kappa shape index (κ3) is 2.50. The second-order valence-electron chi connectivity index (χ2n) is 5.23. The van der Waals surface area contributed by atoms with E-state index in [0.717, 1.165) is 38.5 Å². The molecule has 0 aromatic carbocycles. The van der Waals surface area contributed by atoms with Gasteiger partial charge >= 0.3 is 0 Å². The van der Waals surface area contributed by atoms with E-state index in [4.69, 9.17) is 6.42 Å². The van der Waals surface area contributed by atoms with Crippen molar-refractivity contribution in [2.75, 3.05) is 13.1 Å². The van der Waals surface area contributed by atoms with Crippen molar-refractivity contribution in [3.05, 3.63) is 0 Å². The SMILES string of the molecule is C#CCCCN1CC(=O)NC2(CCCCC2)C1=O. The summed E-state index contributed by atoms with van der Waals surface area (Å²) in [6.07, 6.45) is 11.4. The van der Waals surface area contributed by atoms with Crippen molar-refractivity contribution in [3.8, 4) is 12.3 Å². The molecular weight excluding hydrogens is 228 g/mol. The van der Waals surface area contributed by atoms with Crippen molar-refractivity contribution >= 4 is 11.8 Å². The van der Waals surface area contributed by atoms with Crippen molar-refractivity contribution in [3.63, 3.8) is 0 Å². The quantitative estimate of drug-likeness (QED) is 0.600. The van der Waals surface area contributed by atoms with E-state index < -0.39 is 5.54 Å². The highest BCUT2D eigenvalue weighted by atomic mass is 16.2. The lowest BCUT2D eigenvalue weighted by Gasteiger charge is -2.44. The topological polar surface area (TPSA) is 49.4 Å². The molecule has 1 spiro atoms. The van der Waals surface area contributed by atoms with E-state index >= 15 is 0 Å². The van der Waals surface area contributed by atoms with Gasteiger partial charge in [0, 0.05) is 13.0 Å². The van der Waals surface area contributed by atoms with Gasteiger partial charge in [-0.3, -0.25) is 9.59 Å². The number of terminal acetylenes is 1. The predicted molar refractivity (Wildman–Crippen MR) is 68.6 cm³/mol. The Kier molecular flexibility index (Phi) is 3.90. The van der Waals surface area contributed by atoms with Crippen molar-refractivity contribution in [2.24, 2.45) is 0 Å². The number of nitrogens with one attached hydrogen (secondary N) is 1. The van der Waals surface area contributed by atoms with Gasteiger partial charge in [-0.25, -0.2) is 0 Å². The molecule has 1 heterocycles. The van der Waals surface area contributed by atoms with Crippen LogP contribution in [0.4, 0.5) is 0 Å². The van der Waals surface area contributed by atoms with E-state index in [1.807, 2.05) is 0 Å². The van der Waals surface area contributed by atoms with Crippen LogP contribution < -0.4 is 5.32 Å². The van der Waals surface area contributed by atoms with Gasteiger partial charge in [0.2, 0.25) is 11.8 Å². The molecule has 18 heavy (non-hydrogen) atoms. The zero-order valence-corrected chi connectivity index (χ0v) is 10.7. The van der Waals surface area contributed by atoms with E-state index in [9.17, 15) is 9.59 Å². The van der Waals surface area contributed by atoms with Crippen LogP contribution in [0.3, 0.4) is 0 Å². The molecule has 1 aliphatic heterocycles. The standard InChI is InChI=1S/C14H20N2O2/c1-2-3-7-10-16-11-12(17)15-14(13(16)18)8-5-4-6-9-14/h1H,3-11H2,(H,15,17). The first-order valence-electron chi connectivity index (χ1n) is 6.72. The summed E-state index contributed by atoms with van der Waals surface area (Å²) in [6.45, 7) is 0.781. The van der Waals surface area contributed by atoms with E-state index in [1.165, 1.54) is 0 Å². The number of carbonyl (C=O) groups is 2. The fraction of sp³-hybridized carbons (Fsp3) is 0.714. The van der Waals surface area contributed by atoms with Gasteiger partial charge in [-0.15, -0.1) is 12.3 Å². The first-order chi connectivity index (χ1) is 8.68. The van der Waals surface area contributed by atoms with Gasteiger partial charge in [-0.1, -0.05) is 19.3 Å². The molecule has 4 nitrogen and oxygen atoms in total. The van der Waals surface area contributed by atoms with E-state index in [0.29, 0.717) is 13.0 Å². The molecule has 4 heteroatoms. The summed E-state index contributed by atoms with van der Waals surface area (Å²) in [5.41, 5.74) is -0.607. The monoisotopic (exact) mass is 248 g/mol. The van der Waals surface area contributed by atoms with Crippen LogP contribution in [0.2, 0.25) is 0 Å². The summed E-state index contributed by atoms with van der Waals surface area (Å²) >= 11 is 0. The first kappa shape index (κ1) is 12.9. The summed E-state index contributed by atoms with van der Waals surface area (Å²) < 4.78 is 0. The third-order valence-corrected chi connectivity index (χ3v) is 3.87. The Morgan fingerprint density at radius 2 is 2.00 bits per heavy atom. The van der Waals surface area contributed by atoms with Crippen LogP contribution in [0.1, 0.15) is 44.9 Å². The Morgan fingerprint density at radius 3 is 2.67 bits per heavy atom. The smallest absolute Gasteiger partial charge is 0.248 e. The van der Waals surface area contributed by atoms with Crippen LogP contribution >= 0.6 is 0 Å². The fourth-order valence-corrected chi connectivity index (χ4v) is 2.95. The maximum atomic E-state index is 12.5. The molecule has 0 atom stereocenters. The highest BCUT2D eigenvalue weighted by Crippen LogP contribution is 2.31. The minimum absolute atomic E-state index is 0.0304. The number of nitrogens with zero attached hydrogens (tertiary/aromatic N) is 1. The maximum Gasteiger partial charge on any atom is 0.248 e. The van der Waals surface area contributed by atoms with E-state index in [-0.39, 0.29) is 18.4 Å². The molecule has 0 unspecified atom stereocenters. The predicted octanol–water partition coefficient (Wildman–Crippen LogP) is 1.06. The molecule has 1 N–H and O–H groups in total. The van der Waals surface area contributed by atoms with Crippen molar-refractivity contribution in [2.45, 2.75) is 50.5 Å². The van der Waals surface area contributed by atoms with Gasteiger partial charge in [-0.05, 0) is 19.3 Å². The first-order valence-corrected chi connectivity index (χ1v) is 6.72. The van der Waals surface area contributed by atoms with E-state index in [1.54, 1.807) is 4.90 Å². The second kappa shape index (κ2) is 5.43. The van der Waals surface area contributed by atoms with Gasteiger partial charge in [0.1, 0.15) is 5.54 Å². The van der Waals surface area contributed by atoms with Crippen molar-refractivity contribution < 1.29 is 9.59 Å². The van der Waals surface area contributed by atoms with Crippen LogP contribution in [0, 0.1) is 12.3 Å². The molecule has 2 amide bonds. The highest BCUT2D eigenvalue weighted by Gasteiger charge is 2.46. The zero-order valence-electron chi connectivity index (χ0n) is 10.7. The molecule has 0 aromatic heterocycles. The van der Waals surface area contributed by atoms with Crippen LogP contribution in [0.15, 0.2) is 0 Å². The third-order valence-electron chi connectivity index (χ3n) is 3.87. The zero-order chi connectivity index (χ0) is 13.0. The Labute approximate surface area is 108 Å². The molecule has 2 aliphatic rings. The van der Waals surface area contributed by atoms with E-state index in [2.05, 4.69) is 11.2 Å². The summed E-state index contributed by atoms with van der Waals surface area (Å²) in [6, 6.07) is 0. The Hall–Kier alpha value is -1.50. The Bertz CT molecular complexity index is 378. The molecule has 1 saturated carbocycles. The normalized spacial score (nSPS) is 22.7. The van der Waals surface area contributed by atoms with Gasteiger partial charge in [0.25, 0.3) is 0 Å². The van der Waals surface area contributed by atoms with Crippen LogP contribution in [0.5, 0.6) is 0 Å². The average molecular weight is 248 g/mol. The lowest BCUT2D eigenvalue weighted by atomic mass is 9.79. The Balaban J connectivity index is 2.05. The molecule has 98 valence electrons. The lowest BCUT2D eigenvalue weighted by molar-refractivity contribution is -0.151. The molecule has 1 aliphatic carbocycles. The summed E-state index contributed by atoms with van der Waals surface area (Å²) in [5, 5.41) is 2.93. The Morgan fingerprint density at radius 1 is 1.28 bits per heavy atom. The highest BCUT2D eigenvalue weighted by molar-refractivity contribution is 5.98. The summed E-state index contributed by atoms with van der Waals surface area (Å²) in [7, 11) is 0. The molecule has 0 bridgehead atoms. The minimum Gasteiger partial charge on any atom is -0.340 e. The molecule has 2 fully saturated rings. The van der Waals surface area contributed by atoms with Gasteiger partial charge < -0.3 is 10.2 Å². The van der Waals surface area contributed by atoms with Gasteiger partial charge in [0.05, 0.1) is 6.54 Å². The average Bonchev–Trinajstić information content (AvgIpc) is 2.36. The number of piperazine rings is 1. The maximum absolute atomic E-state index is 12.5. The number of hydrogen-bond donors (Lipinski definition) is 1. The van der Waals surface area contributed by atoms with Gasteiger partial charge in [-0.2, -0.15) is 0 Å². The molecular formula is C14H20N2O2. The lowest BCUT2D eigenvalue weighted by Crippen LogP contribution is -2.67. The number of carbonyl (C=O) groups excluding carboxylic acids is 2. The fourth-order valence-electron chi connectivity index (χ4n) is 2.95. The summed E-state index contributed by atoms with van der Waals surface area (Å²) in [4.78, 5) is 26.0. The number of amides is 2. The van der Waals surface area contributed by atoms with Crippen LogP contribution in [-0.4, -0.2) is 35.3 Å². The van der Waals surface area contributed by atoms with Gasteiger partial charge in [0.15, 0.2) is 0 Å². The number of unbranched alkanes of at least 4 members (excludes halogenated alkanes) is 1. The number of rotatable bonds is 3. The van der Waals surface area contributed by atoms with Crippen molar-refractivity contribution in [1.29, 1.82) is 0 Å². The molecule has 1 saturated heterocycles. The molecule has 0 aromatic rings. The largest absolute Gasteiger partial charge is 0.340 e. The second-order valence-corrected chi connectivity index (χ2v) is 5.23. The van der Waals surface area contributed by atoms with Crippen LogP contribution in [0.25, 0.3) is 0 Å². The number of hydrogen-bond acceptors (Lipinski definition) is 2. The minimum atomic E-state index is -0.607. The molecule has 0 radical (unpaired) electrons. The molecule has 2 rings (SSSR count). The summed E-state index contributed by atoms with van der Waals surface area (Å²) in [5.74, 6) is 2.63. The van der Waals surface area contributed by atoms with Crippen LogP contribution in [-0.2, 0) is 9.59 Å².